The van der Waals surface area contributed by atoms with Gasteiger partial charge in [-0.05, 0) is 24.3 Å². The van der Waals surface area contributed by atoms with Crippen LogP contribution < -0.4 is 10.1 Å². The molecule has 2 N–H and O–H groups in total. The van der Waals surface area contributed by atoms with Gasteiger partial charge in [0.15, 0.2) is 12.4 Å². The van der Waals surface area contributed by atoms with Crippen LogP contribution in [-0.2, 0) is 4.79 Å². The van der Waals surface area contributed by atoms with Crippen molar-refractivity contribution in [2.45, 2.75) is 0 Å². The van der Waals surface area contributed by atoms with Crippen molar-refractivity contribution in [1.29, 1.82) is 0 Å². The smallest absolute Gasteiger partial charge is 0.335 e. The summed E-state index contributed by atoms with van der Waals surface area (Å²) in [5, 5.41) is 22.8. The van der Waals surface area contributed by atoms with Crippen molar-refractivity contribution in [3.63, 3.8) is 0 Å². The average molecular weight is 351 g/mol. The molecule has 0 aliphatic heterocycles. The van der Waals surface area contributed by atoms with E-state index in [0.29, 0.717) is 10.7 Å². The summed E-state index contributed by atoms with van der Waals surface area (Å²) < 4.78 is 5.10. The highest BCUT2D eigenvalue weighted by atomic mass is 35.5. The van der Waals surface area contributed by atoms with Gasteiger partial charge in [-0.2, -0.15) is 0 Å². The van der Waals surface area contributed by atoms with Gasteiger partial charge in [-0.1, -0.05) is 17.7 Å². The van der Waals surface area contributed by atoms with Crippen LogP contribution in [0, 0.1) is 10.1 Å². The summed E-state index contributed by atoms with van der Waals surface area (Å²) in [6.07, 6.45) is 0. The third-order valence-corrected chi connectivity index (χ3v) is 3.11. The molecule has 0 unspecified atom stereocenters. The van der Waals surface area contributed by atoms with Crippen molar-refractivity contribution >= 4 is 34.9 Å². The molecule has 0 saturated heterocycles. The topological polar surface area (TPSA) is 119 Å². The van der Waals surface area contributed by atoms with Crippen molar-refractivity contribution in [1.82, 2.24) is 0 Å². The molecule has 0 aliphatic carbocycles. The molecule has 0 bridgehead atoms. The quantitative estimate of drug-likeness (QED) is 0.610. The van der Waals surface area contributed by atoms with Crippen LogP contribution in [0.25, 0.3) is 0 Å². The Kier molecular flexibility index (Phi) is 5.33. The number of carboxylic acids is 1. The first kappa shape index (κ1) is 17.2. The number of aromatic carboxylic acids is 1. The van der Waals surface area contributed by atoms with Gasteiger partial charge in [0.1, 0.15) is 0 Å². The summed E-state index contributed by atoms with van der Waals surface area (Å²) in [4.78, 5) is 33.0. The van der Waals surface area contributed by atoms with E-state index in [1.54, 1.807) is 18.2 Å². The van der Waals surface area contributed by atoms with Crippen LogP contribution in [-0.4, -0.2) is 28.5 Å². The van der Waals surface area contributed by atoms with E-state index in [4.69, 9.17) is 21.4 Å². The van der Waals surface area contributed by atoms with Crippen LogP contribution >= 0.6 is 11.6 Å². The molecule has 0 aromatic heterocycles. The number of rotatable bonds is 6. The Balaban J connectivity index is 2.09. The number of nitro groups is 1. The molecule has 2 rings (SSSR count). The van der Waals surface area contributed by atoms with Crippen molar-refractivity contribution in [2.24, 2.45) is 0 Å². The number of nitrogens with one attached hydrogen (secondary N) is 1. The standard InChI is InChI=1S/C15H11ClN2O6/c16-10-2-1-3-11(7-10)17-14(19)8-24-13-6-9(15(20)21)4-5-12(13)18(22)23/h1-7H,8H2,(H,17,19)(H,20,21). The second kappa shape index (κ2) is 7.42. The molecule has 0 aliphatic rings. The van der Waals surface area contributed by atoms with Gasteiger partial charge in [-0.3, -0.25) is 14.9 Å². The van der Waals surface area contributed by atoms with Gasteiger partial charge in [0.25, 0.3) is 5.91 Å². The van der Waals surface area contributed by atoms with Crippen LogP contribution in [0.1, 0.15) is 10.4 Å². The molecule has 9 heteroatoms. The first-order valence-corrected chi connectivity index (χ1v) is 6.94. The number of amides is 1. The fourth-order valence-corrected chi connectivity index (χ4v) is 2.01. The van der Waals surface area contributed by atoms with Gasteiger partial charge >= 0.3 is 11.7 Å². The van der Waals surface area contributed by atoms with Crippen molar-refractivity contribution in [3.05, 3.63) is 63.2 Å². The monoisotopic (exact) mass is 350 g/mol. The van der Waals surface area contributed by atoms with E-state index >= 15 is 0 Å². The zero-order chi connectivity index (χ0) is 17.7. The average Bonchev–Trinajstić information content (AvgIpc) is 2.52. The molecule has 0 saturated carbocycles. The van der Waals surface area contributed by atoms with E-state index < -0.39 is 29.1 Å². The molecule has 0 spiro atoms. The van der Waals surface area contributed by atoms with Crippen LogP contribution in [0.2, 0.25) is 5.02 Å². The fraction of sp³-hybridized carbons (Fsp3) is 0.0667. The molecular formula is C15H11ClN2O6. The zero-order valence-corrected chi connectivity index (χ0v) is 12.8. The van der Waals surface area contributed by atoms with E-state index in [9.17, 15) is 19.7 Å². The Bertz CT molecular complexity index is 808. The lowest BCUT2D eigenvalue weighted by atomic mass is 10.2. The van der Waals surface area contributed by atoms with Crippen LogP contribution in [0.4, 0.5) is 11.4 Å². The van der Waals surface area contributed by atoms with Crippen molar-refractivity contribution in [3.8, 4) is 5.75 Å². The van der Waals surface area contributed by atoms with Crippen molar-refractivity contribution in [2.75, 3.05) is 11.9 Å². The lowest BCUT2D eigenvalue weighted by molar-refractivity contribution is -0.385. The fourth-order valence-electron chi connectivity index (χ4n) is 1.82. The number of anilines is 1. The number of hydrogen-bond donors (Lipinski definition) is 2. The Hall–Kier alpha value is -3.13. The number of ether oxygens (including phenoxy) is 1. The second-order valence-electron chi connectivity index (χ2n) is 4.59. The molecule has 0 radical (unpaired) electrons. The molecule has 2 aromatic carbocycles. The molecule has 0 fully saturated rings. The van der Waals surface area contributed by atoms with Gasteiger partial charge < -0.3 is 15.2 Å². The molecule has 124 valence electrons. The SMILES string of the molecule is O=C(COc1cc(C(=O)O)ccc1[N+](=O)[O-])Nc1cccc(Cl)c1. The van der Waals surface area contributed by atoms with Crippen LogP contribution in [0.3, 0.4) is 0 Å². The van der Waals surface area contributed by atoms with Gasteiger partial charge in [0, 0.05) is 22.8 Å². The summed E-state index contributed by atoms with van der Waals surface area (Å²) in [5.41, 5.74) is -0.189. The molecular weight excluding hydrogens is 340 g/mol. The number of nitro benzene ring substituents is 1. The minimum absolute atomic E-state index is 0.189. The minimum Gasteiger partial charge on any atom is -0.478 e. The minimum atomic E-state index is -1.27. The number of halogens is 1. The van der Waals surface area contributed by atoms with E-state index in [1.165, 1.54) is 6.07 Å². The third-order valence-electron chi connectivity index (χ3n) is 2.87. The van der Waals surface area contributed by atoms with Crippen LogP contribution in [0.5, 0.6) is 5.75 Å². The number of benzene rings is 2. The first-order valence-electron chi connectivity index (χ1n) is 6.57. The third kappa shape index (κ3) is 4.43. The lowest BCUT2D eigenvalue weighted by Gasteiger charge is -2.08. The molecule has 2 aromatic rings. The summed E-state index contributed by atoms with van der Waals surface area (Å²) in [6, 6.07) is 9.48. The Labute approximate surface area is 140 Å². The molecule has 1 amide bonds. The number of carbonyl (C=O) groups excluding carboxylic acids is 1. The molecule has 0 atom stereocenters. The highest BCUT2D eigenvalue weighted by Gasteiger charge is 2.19. The van der Waals surface area contributed by atoms with E-state index in [2.05, 4.69) is 5.32 Å². The van der Waals surface area contributed by atoms with E-state index in [0.717, 1.165) is 18.2 Å². The maximum atomic E-state index is 11.8. The van der Waals surface area contributed by atoms with Gasteiger partial charge in [0.05, 0.1) is 10.5 Å². The largest absolute Gasteiger partial charge is 0.478 e. The normalized spacial score (nSPS) is 10.0. The van der Waals surface area contributed by atoms with Crippen molar-refractivity contribution < 1.29 is 24.4 Å². The predicted molar refractivity (Wildman–Crippen MR) is 85.6 cm³/mol. The Morgan fingerprint density at radius 2 is 2.00 bits per heavy atom. The number of carboxylic acid groups (broad SMARTS) is 1. The Morgan fingerprint density at radius 1 is 1.25 bits per heavy atom. The highest BCUT2D eigenvalue weighted by Crippen LogP contribution is 2.28. The van der Waals surface area contributed by atoms with Gasteiger partial charge in [-0.15, -0.1) is 0 Å². The number of nitrogens with zero attached hydrogens (tertiary/aromatic N) is 1. The predicted octanol–water partition coefficient (Wildman–Crippen LogP) is 2.96. The highest BCUT2D eigenvalue weighted by molar-refractivity contribution is 6.30. The lowest BCUT2D eigenvalue weighted by Crippen LogP contribution is -2.20. The summed E-state index contributed by atoms with van der Waals surface area (Å²) in [5.74, 6) is -2.15. The Morgan fingerprint density at radius 3 is 2.62 bits per heavy atom. The van der Waals surface area contributed by atoms with Gasteiger partial charge in [-0.25, -0.2) is 4.79 Å². The summed E-state index contributed by atoms with van der Waals surface area (Å²) in [6.45, 7) is -0.531. The zero-order valence-electron chi connectivity index (χ0n) is 12.1. The summed E-state index contributed by atoms with van der Waals surface area (Å²) >= 11 is 5.79. The van der Waals surface area contributed by atoms with Crippen LogP contribution in [0.15, 0.2) is 42.5 Å². The van der Waals surface area contributed by atoms with E-state index in [1.807, 2.05) is 0 Å². The molecule has 8 nitrogen and oxygen atoms in total. The number of carbonyl (C=O) groups is 2. The number of hydrogen-bond acceptors (Lipinski definition) is 5. The second-order valence-corrected chi connectivity index (χ2v) is 5.03. The maximum absolute atomic E-state index is 11.8. The van der Waals surface area contributed by atoms with Gasteiger partial charge in [0.2, 0.25) is 0 Å². The maximum Gasteiger partial charge on any atom is 0.335 e. The van der Waals surface area contributed by atoms with E-state index in [-0.39, 0.29) is 11.3 Å². The summed E-state index contributed by atoms with van der Waals surface area (Å²) in [7, 11) is 0. The molecule has 0 heterocycles. The molecule has 24 heavy (non-hydrogen) atoms. The first-order chi connectivity index (χ1) is 11.4.